The van der Waals surface area contributed by atoms with E-state index in [1.54, 1.807) is 0 Å². The molecule has 0 aliphatic carbocycles. The molecule has 2 heterocycles. The molecule has 1 aromatic heterocycles. The van der Waals surface area contributed by atoms with E-state index in [-0.39, 0.29) is 0 Å². The lowest BCUT2D eigenvalue weighted by atomic mass is 10.1. The predicted molar refractivity (Wildman–Crippen MR) is 73.1 cm³/mol. The van der Waals surface area contributed by atoms with Crippen LogP contribution in [0.4, 0.5) is 0 Å². The van der Waals surface area contributed by atoms with Crippen LogP contribution in [0.25, 0.3) is 10.9 Å². The molecule has 1 aliphatic rings. The Morgan fingerprint density at radius 3 is 2.94 bits per heavy atom. The zero-order valence-electron chi connectivity index (χ0n) is 9.41. The van der Waals surface area contributed by atoms with Gasteiger partial charge in [0.1, 0.15) is 0 Å². The molecule has 0 saturated carbocycles. The average molecular weight is 292 g/mol. The summed E-state index contributed by atoms with van der Waals surface area (Å²) in [5.41, 5.74) is 2.17. The minimum atomic E-state index is 0.330. The molecule has 1 unspecified atom stereocenters. The van der Waals surface area contributed by atoms with Crippen molar-refractivity contribution in [1.82, 2.24) is 15.6 Å². The molecule has 88 valence electrons. The van der Waals surface area contributed by atoms with Gasteiger partial charge in [-0.15, -0.1) is 0 Å². The van der Waals surface area contributed by atoms with Gasteiger partial charge >= 0.3 is 0 Å². The second-order valence-corrected chi connectivity index (χ2v) is 5.20. The molecular formula is C13H14BrN3. The second-order valence-electron chi connectivity index (χ2n) is 4.28. The van der Waals surface area contributed by atoms with Gasteiger partial charge in [0.2, 0.25) is 0 Å². The lowest BCUT2D eigenvalue weighted by molar-refractivity contribution is 0.424. The Kier molecular flexibility index (Phi) is 3.09. The number of aromatic nitrogens is 1. The first kappa shape index (κ1) is 11.1. The van der Waals surface area contributed by atoms with E-state index in [0.29, 0.717) is 6.04 Å². The summed E-state index contributed by atoms with van der Waals surface area (Å²) in [7, 11) is 0. The van der Waals surface area contributed by atoms with Gasteiger partial charge in [0.15, 0.2) is 0 Å². The Morgan fingerprint density at radius 1 is 1.18 bits per heavy atom. The minimum Gasteiger partial charge on any atom is -0.314 e. The third-order valence-electron chi connectivity index (χ3n) is 3.07. The fourth-order valence-corrected chi connectivity index (χ4v) is 2.55. The van der Waals surface area contributed by atoms with Gasteiger partial charge in [0.25, 0.3) is 0 Å². The molecule has 3 nitrogen and oxygen atoms in total. The number of pyridine rings is 1. The van der Waals surface area contributed by atoms with Crippen LogP contribution < -0.4 is 10.6 Å². The Bertz CT molecular complexity index is 535. The Morgan fingerprint density at radius 2 is 2.12 bits per heavy atom. The van der Waals surface area contributed by atoms with Gasteiger partial charge < -0.3 is 10.6 Å². The molecular weight excluding hydrogens is 278 g/mol. The number of halogens is 1. The van der Waals surface area contributed by atoms with Gasteiger partial charge in [-0.25, -0.2) is 0 Å². The van der Waals surface area contributed by atoms with Crippen molar-refractivity contribution >= 4 is 26.8 Å². The SMILES string of the molecule is Brc1ccc2nc(C3CNCCN3)ccc2c1. The lowest BCUT2D eigenvalue weighted by Gasteiger charge is -2.24. The van der Waals surface area contributed by atoms with Crippen molar-refractivity contribution < 1.29 is 0 Å². The topological polar surface area (TPSA) is 37.0 Å². The highest BCUT2D eigenvalue weighted by atomic mass is 79.9. The van der Waals surface area contributed by atoms with Crippen molar-refractivity contribution in [2.24, 2.45) is 0 Å². The van der Waals surface area contributed by atoms with Crippen molar-refractivity contribution in [3.63, 3.8) is 0 Å². The maximum atomic E-state index is 4.72. The Labute approximate surface area is 109 Å². The zero-order chi connectivity index (χ0) is 11.7. The summed E-state index contributed by atoms with van der Waals surface area (Å²) in [6, 6.07) is 10.8. The smallest absolute Gasteiger partial charge is 0.0706 e. The summed E-state index contributed by atoms with van der Waals surface area (Å²) in [5, 5.41) is 8.03. The van der Waals surface area contributed by atoms with E-state index in [1.807, 2.05) is 6.07 Å². The largest absolute Gasteiger partial charge is 0.314 e. The highest BCUT2D eigenvalue weighted by molar-refractivity contribution is 9.10. The normalized spacial score (nSPS) is 20.6. The monoisotopic (exact) mass is 291 g/mol. The first-order valence-electron chi connectivity index (χ1n) is 5.83. The molecule has 1 aromatic carbocycles. The van der Waals surface area contributed by atoms with E-state index in [9.17, 15) is 0 Å². The van der Waals surface area contributed by atoms with Crippen molar-refractivity contribution in [3.05, 3.63) is 40.5 Å². The zero-order valence-corrected chi connectivity index (χ0v) is 11.0. The van der Waals surface area contributed by atoms with Crippen LogP contribution in [-0.4, -0.2) is 24.6 Å². The van der Waals surface area contributed by atoms with Crippen LogP contribution in [0, 0.1) is 0 Å². The van der Waals surface area contributed by atoms with Gasteiger partial charge in [-0.05, 0) is 24.3 Å². The van der Waals surface area contributed by atoms with Crippen LogP contribution in [-0.2, 0) is 0 Å². The maximum Gasteiger partial charge on any atom is 0.0706 e. The number of nitrogens with one attached hydrogen (secondary N) is 2. The average Bonchev–Trinajstić information content (AvgIpc) is 2.39. The number of fused-ring (bicyclic) bond motifs is 1. The standard InChI is InChI=1S/C13H14BrN3/c14-10-2-4-11-9(7-10)1-3-12(17-11)13-8-15-5-6-16-13/h1-4,7,13,15-16H,5-6,8H2. The van der Waals surface area contributed by atoms with Crippen LogP contribution in [0.1, 0.15) is 11.7 Å². The summed E-state index contributed by atoms with van der Waals surface area (Å²) in [5.74, 6) is 0. The molecule has 2 aromatic rings. The molecule has 0 spiro atoms. The van der Waals surface area contributed by atoms with E-state index >= 15 is 0 Å². The van der Waals surface area contributed by atoms with Crippen LogP contribution in [0.3, 0.4) is 0 Å². The van der Waals surface area contributed by atoms with Gasteiger partial charge in [-0.3, -0.25) is 4.98 Å². The fourth-order valence-electron chi connectivity index (χ4n) is 2.17. The van der Waals surface area contributed by atoms with Gasteiger partial charge in [0, 0.05) is 29.5 Å². The van der Waals surface area contributed by atoms with E-state index < -0.39 is 0 Å². The summed E-state index contributed by atoms with van der Waals surface area (Å²) in [6.45, 7) is 3.00. The minimum absolute atomic E-state index is 0.330. The number of hydrogen-bond donors (Lipinski definition) is 2. The molecule has 3 rings (SSSR count). The highest BCUT2D eigenvalue weighted by Gasteiger charge is 2.15. The van der Waals surface area contributed by atoms with E-state index in [0.717, 1.165) is 35.3 Å². The number of nitrogens with zero attached hydrogens (tertiary/aromatic N) is 1. The number of hydrogen-bond acceptors (Lipinski definition) is 3. The molecule has 4 heteroatoms. The van der Waals surface area contributed by atoms with Crippen molar-refractivity contribution in [2.45, 2.75) is 6.04 Å². The first-order valence-corrected chi connectivity index (χ1v) is 6.62. The van der Waals surface area contributed by atoms with Crippen LogP contribution >= 0.6 is 15.9 Å². The molecule has 0 bridgehead atoms. The summed E-state index contributed by atoms with van der Waals surface area (Å²) in [6.07, 6.45) is 0. The lowest BCUT2D eigenvalue weighted by Crippen LogP contribution is -2.42. The molecule has 0 radical (unpaired) electrons. The quantitative estimate of drug-likeness (QED) is 0.846. The predicted octanol–water partition coefficient (Wildman–Crippen LogP) is 2.23. The Balaban J connectivity index is 1.98. The summed E-state index contributed by atoms with van der Waals surface area (Å²) in [4.78, 5) is 4.72. The highest BCUT2D eigenvalue weighted by Crippen LogP contribution is 2.21. The van der Waals surface area contributed by atoms with E-state index in [4.69, 9.17) is 4.98 Å². The van der Waals surface area contributed by atoms with Crippen molar-refractivity contribution in [1.29, 1.82) is 0 Å². The van der Waals surface area contributed by atoms with Gasteiger partial charge in [-0.1, -0.05) is 22.0 Å². The van der Waals surface area contributed by atoms with Crippen LogP contribution in [0.15, 0.2) is 34.8 Å². The number of benzene rings is 1. The maximum absolute atomic E-state index is 4.72. The molecule has 1 atom stereocenters. The molecule has 1 fully saturated rings. The molecule has 2 N–H and O–H groups in total. The van der Waals surface area contributed by atoms with Crippen molar-refractivity contribution in [3.8, 4) is 0 Å². The third-order valence-corrected chi connectivity index (χ3v) is 3.56. The first-order chi connectivity index (χ1) is 8.33. The van der Waals surface area contributed by atoms with Crippen LogP contribution in [0.2, 0.25) is 0 Å². The number of rotatable bonds is 1. The van der Waals surface area contributed by atoms with Crippen molar-refractivity contribution in [2.75, 3.05) is 19.6 Å². The van der Waals surface area contributed by atoms with Crippen LogP contribution in [0.5, 0.6) is 0 Å². The second kappa shape index (κ2) is 4.72. The molecule has 1 aliphatic heterocycles. The third kappa shape index (κ3) is 2.34. The molecule has 17 heavy (non-hydrogen) atoms. The van der Waals surface area contributed by atoms with E-state index in [1.165, 1.54) is 5.39 Å². The molecule has 0 amide bonds. The summed E-state index contributed by atoms with van der Waals surface area (Å²) >= 11 is 3.48. The fraction of sp³-hybridized carbons (Fsp3) is 0.308. The van der Waals surface area contributed by atoms with E-state index in [2.05, 4.69) is 50.8 Å². The molecule has 1 saturated heterocycles. The summed E-state index contributed by atoms with van der Waals surface area (Å²) < 4.78 is 1.09. The number of piperazine rings is 1. The van der Waals surface area contributed by atoms with Gasteiger partial charge in [0.05, 0.1) is 17.3 Å². The Hall–Kier alpha value is -0.970. The van der Waals surface area contributed by atoms with Gasteiger partial charge in [-0.2, -0.15) is 0 Å².